The summed E-state index contributed by atoms with van der Waals surface area (Å²) >= 11 is 5.79. The standard InChI is InChI=1S/C13H13ClF3NO3/c1-2-3-6-21-11(19)9-7-8(4-5-10(9)14)18-12(20)13(15,16)17/h4-5,7H,2-3,6H2,1H3,(H,18,20). The summed E-state index contributed by atoms with van der Waals surface area (Å²) in [6.07, 6.45) is -3.53. The maximum absolute atomic E-state index is 12.1. The highest BCUT2D eigenvalue weighted by Crippen LogP contribution is 2.23. The molecule has 8 heteroatoms. The van der Waals surface area contributed by atoms with Crippen molar-refractivity contribution in [3.05, 3.63) is 28.8 Å². The van der Waals surface area contributed by atoms with E-state index in [1.54, 1.807) is 5.32 Å². The number of alkyl halides is 3. The first-order valence-electron chi connectivity index (χ1n) is 6.10. The van der Waals surface area contributed by atoms with Gasteiger partial charge in [0.15, 0.2) is 0 Å². The van der Waals surface area contributed by atoms with Crippen molar-refractivity contribution >= 4 is 29.2 Å². The molecule has 116 valence electrons. The maximum Gasteiger partial charge on any atom is 0.471 e. The smallest absolute Gasteiger partial charge is 0.462 e. The number of anilines is 1. The Labute approximate surface area is 124 Å². The number of amides is 1. The molecule has 0 aromatic heterocycles. The number of ether oxygens (including phenoxy) is 1. The Balaban J connectivity index is 2.85. The second-order valence-corrected chi connectivity index (χ2v) is 4.54. The first-order chi connectivity index (χ1) is 9.75. The quantitative estimate of drug-likeness (QED) is 0.662. The third kappa shape index (κ3) is 5.26. The molecule has 0 unspecified atom stereocenters. The van der Waals surface area contributed by atoms with Crippen molar-refractivity contribution in [2.75, 3.05) is 11.9 Å². The molecule has 0 spiro atoms. The first-order valence-corrected chi connectivity index (χ1v) is 6.48. The number of halogens is 4. The van der Waals surface area contributed by atoms with Crippen molar-refractivity contribution in [3.63, 3.8) is 0 Å². The Bertz CT molecular complexity index is 532. The van der Waals surface area contributed by atoms with Gasteiger partial charge < -0.3 is 10.1 Å². The van der Waals surface area contributed by atoms with E-state index in [1.807, 2.05) is 6.92 Å². The molecule has 1 aromatic rings. The Morgan fingerprint density at radius 2 is 2.00 bits per heavy atom. The van der Waals surface area contributed by atoms with Gasteiger partial charge in [0.1, 0.15) is 0 Å². The minimum atomic E-state index is -5.01. The highest BCUT2D eigenvalue weighted by molar-refractivity contribution is 6.33. The maximum atomic E-state index is 12.1. The van der Waals surface area contributed by atoms with E-state index in [0.29, 0.717) is 6.42 Å². The zero-order valence-electron chi connectivity index (χ0n) is 11.1. The number of nitrogens with one attached hydrogen (secondary N) is 1. The molecule has 1 amide bonds. The number of esters is 1. The lowest BCUT2D eigenvalue weighted by Crippen LogP contribution is -2.30. The molecule has 0 aliphatic carbocycles. The Morgan fingerprint density at radius 1 is 1.33 bits per heavy atom. The van der Waals surface area contributed by atoms with Gasteiger partial charge in [-0.15, -0.1) is 0 Å². The van der Waals surface area contributed by atoms with Crippen LogP contribution in [0.25, 0.3) is 0 Å². The predicted octanol–water partition coefficient (Wildman–Crippen LogP) is 3.80. The van der Waals surface area contributed by atoms with Gasteiger partial charge >= 0.3 is 18.1 Å². The molecular formula is C13H13ClF3NO3. The highest BCUT2D eigenvalue weighted by Gasteiger charge is 2.38. The Hall–Kier alpha value is -1.76. The zero-order valence-corrected chi connectivity index (χ0v) is 11.8. The summed E-state index contributed by atoms with van der Waals surface area (Å²) in [5.74, 6) is -2.88. The fraction of sp³-hybridized carbons (Fsp3) is 0.385. The van der Waals surface area contributed by atoms with Crippen LogP contribution < -0.4 is 5.32 Å². The van der Waals surface area contributed by atoms with Crippen LogP contribution in [0.2, 0.25) is 5.02 Å². The molecule has 0 atom stereocenters. The Morgan fingerprint density at radius 3 is 2.57 bits per heavy atom. The number of hydrogen-bond acceptors (Lipinski definition) is 3. The number of rotatable bonds is 5. The molecule has 0 saturated heterocycles. The van der Waals surface area contributed by atoms with Crippen molar-refractivity contribution in [1.29, 1.82) is 0 Å². The van der Waals surface area contributed by atoms with Gasteiger partial charge in [0, 0.05) is 5.69 Å². The third-order valence-electron chi connectivity index (χ3n) is 2.43. The van der Waals surface area contributed by atoms with Crippen molar-refractivity contribution in [1.82, 2.24) is 0 Å². The molecule has 0 fully saturated rings. The molecule has 0 aliphatic rings. The second kappa shape index (κ2) is 7.31. The average Bonchev–Trinajstić information content (AvgIpc) is 2.40. The van der Waals surface area contributed by atoms with Crippen LogP contribution in [0, 0.1) is 0 Å². The lowest BCUT2D eigenvalue weighted by molar-refractivity contribution is -0.167. The molecule has 1 aromatic carbocycles. The van der Waals surface area contributed by atoms with Crippen LogP contribution in [0.1, 0.15) is 30.1 Å². The highest BCUT2D eigenvalue weighted by atomic mass is 35.5. The van der Waals surface area contributed by atoms with Crippen molar-refractivity contribution in [2.24, 2.45) is 0 Å². The van der Waals surface area contributed by atoms with Gasteiger partial charge in [0.2, 0.25) is 0 Å². The van der Waals surface area contributed by atoms with Gasteiger partial charge in [0.05, 0.1) is 17.2 Å². The fourth-order valence-electron chi connectivity index (χ4n) is 1.35. The van der Waals surface area contributed by atoms with Gasteiger partial charge in [-0.25, -0.2) is 4.79 Å². The average molecular weight is 324 g/mol. The van der Waals surface area contributed by atoms with E-state index in [2.05, 4.69) is 0 Å². The summed E-state index contributed by atoms with van der Waals surface area (Å²) in [6.45, 7) is 2.10. The SMILES string of the molecule is CCCCOC(=O)c1cc(NC(=O)C(F)(F)F)ccc1Cl. The van der Waals surface area contributed by atoms with E-state index >= 15 is 0 Å². The lowest BCUT2D eigenvalue weighted by atomic mass is 10.2. The van der Waals surface area contributed by atoms with Crippen molar-refractivity contribution in [3.8, 4) is 0 Å². The molecule has 0 aliphatic heterocycles. The summed E-state index contributed by atoms with van der Waals surface area (Å²) in [5, 5.41) is 1.67. The summed E-state index contributed by atoms with van der Waals surface area (Å²) in [6, 6.07) is 3.42. The molecule has 0 saturated carbocycles. The molecule has 4 nitrogen and oxygen atoms in total. The van der Waals surface area contributed by atoms with Crippen LogP contribution >= 0.6 is 11.6 Å². The van der Waals surface area contributed by atoms with Crippen LogP contribution in [0.4, 0.5) is 18.9 Å². The fourth-order valence-corrected chi connectivity index (χ4v) is 1.54. The number of benzene rings is 1. The zero-order chi connectivity index (χ0) is 16.0. The molecule has 21 heavy (non-hydrogen) atoms. The van der Waals surface area contributed by atoms with Crippen LogP contribution in [-0.4, -0.2) is 24.7 Å². The van der Waals surface area contributed by atoms with Gasteiger partial charge in [-0.3, -0.25) is 4.79 Å². The van der Waals surface area contributed by atoms with E-state index < -0.39 is 18.1 Å². The summed E-state index contributed by atoms with van der Waals surface area (Å²) in [4.78, 5) is 22.6. The Kier molecular flexibility index (Phi) is 6.02. The molecule has 1 N–H and O–H groups in total. The number of unbranched alkanes of at least 4 members (excludes halogenated alkanes) is 1. The van der Waals surface area contributed by atoms with Gasteiger partial charge in [-0.2, -0.15) is 13.2 Å². The minimum absolute atomic E-state index is 0.0292. The third-order valence-corrected chi connectivity index (χ3v) is 2.76. The molecule has 0 bridgehead atoms. The number of carbonyl (C=O) groups is 2. The summed E-state index contributed by atoms with van der Waals surface area (Å²) in [5.41, 5.74) is -0.295. The topological polar surface area (TPSA) is 55.4 Å². The lowest BCUT2D eigenvalue weighted by Gasteiger charge is -2.10. The van der Waals surface area contributed by atoms with Gasteiger partial charge in [0.25, 0.3) is 0 Å². The predicted molar refractivity (Wildman–Crippen MR) is 71.3 cm³/mol. The van der Waals surface area contributed by atoms with Crippen LogP contribution in [0.15, 0.2) is 18.2 Å². The molecular weight excluding hydrogens is 311 g/mol. The van der Waals surface area contributed by atoms with Crippen molar-refractivity contribution in [2.45, 2.75) is 25.9 Å². The van der Waals surface area contributed by atoms with E-state index in [4.69, 9.17) is 16.3 Å². The number of hydrogen-bond donors (Lipinski definition) is 1. The van der Waals surface area contributed by atoms with Gasteiger partial charge in [-0.05, 0) is 24.6 Å². The molecule has 0 radical (unpaired) electrons. The summed E-state index contributed by atoms with van der Waals surface area (Å²) < 4.78 is 41.4. The monoisotopic (exact) mass is 323 g/mol. The van der Waals surface area contributed by atoms with Crippen LogP contribution in [0.3, 0.4) is 0 Å². The molecule has 0 heterocycles. The van der Waals surface area contributed by atoms with Crippen LogP contribution in [-0.2, 0) is 9.53 Å². The number of carbonyl (C=O) groups excluding carboxylic acids is 2. The largest absolute Gasteiger partial charge is 0.471 e. The van der Waals surface area contributed by atoms with Gasteiger partial charge in [-0.1, -0.05) is 24.9 Å². The van der Waals surface area contributed by atoms with Crippen LogP contribution in [0.5, 0.6) is 0 Å². The summed E-state index contributed by atoms with van der Waals surface area (Å²) in [7, 11) is 0. The van der Waals surface area contributed by atoms with Crippen molar-refractivity contribution < 1.29 is 27.5 Å². The first kappa shape index (κ1) is 17.3. The van der Waals surface area contributed by atoms with E-state index in [1.165, 1.54) is 6.07 Å². The molecule has 1 rings (SSSR count). The van der Waals surface area contributed by atoms with E-state index in [-0.39, 0.29) is 22.9 Å². The van der Waals surface area contributed by atoms with E-state index in [0.717, 1.165) is 18.6 Å². The van der Waals surface area contributed by atoms with E-state index in [9.17, 15) is 22.8 Å². The minimum Gasteiger partial charge on any atom is -0.462 e. The second-order valence-electron chi connectivity index (χ2n) is 4.14. The normalized spacial score (nSPS) is 11.1.